The van der Waals surface area contributed by atoms with Gasteiger partial charge in [0.05, 0.1) is 24.3 Å². The van der Waals surface area contributed by atoms with Crippen molar-refractivity contribution in [1.29, 1.82) is 0 Å². The van der Waals surface area contributed by atoms with Gasteiger partial charge in [-0.1, -0.05) is 12.1 Å². The largest absolute Gasteiger partial charge is 0.488 e. The lowest BCUT2D eigenvalue weighted by Gasteiger charge is -2.28. The van der Waals surface area contributed by atoms with Crippen LogP contribution in [0.2, 0.25) is 0 Å². The molecule has 11 heteroatoms. The summed E-state index contributed by atoms with van der Waals surface area (Å²) in [6.45, 7) is 4.59. The minimum Gasteiger partial charge on any atom is -0.488 e. The van der Waals surface area contributed by atoms with Crippen molar-refractivity contribution in [3.63, 3.8) is 0 Å². The second-order valence-electron chi connectivity index (χ2n) is 8.50. The first-order chi connectivity index (χ1) is 16.3. The maximum atomic E-state index is 12.2. The van der Waals surface area contributed by atoms with Crippen LogP contribution in [0.4, 0.5) is 4.79 Å². The number of aliphatic carboxylic acids is 1. The number of ether oxygens (including phenoxy) is 3. The fourth-order valence-electron chi connectivity index (χ4n) is 3.99. The first-order valence-corrected chi connectivity index (χ1v) is 11.5. The number of carbonyl (C=O) groups excluding carboxylic acids is 1. The van der Waals surface area contributed by atoms with Crippen molar-refractivity contribution in [3.05, 3.63) is 29.2 Å². The van der Waals surface area contributed by atoms with Gasteiger partial charge in [0, 0.05) is 20.7 Å². The SMILES string of the molecule is CCCN(C)C(=O)OCc1c(C)nnn1-c1ccc(O[C@H]2CCC[C@H](C(=O)O)C2)c(COC)n1. The zero-order valence-corrected chi connectivity index (χ0v) is 20.2. The average Bonchev–Trinajstić information content (AvgIpc) is 3.19. The van der Waals surface area contributed by atoms with Crippen molar-refractivity contribution in [3.8, 4) is 11.6 Å². The van der Waals surface area contributed by atoms with Crippen molar-refractivity contribution < 1.29 is 28.9 Å². The molecular weight excluding hydrogens is 442 g/mol. The fraction of sp³-hybridized carbons (Fsp3) is 0.609. The van der Waals surface area contributed by atoms with E-state index in [1.54, 1.807) is 33.2 Å². The number of carbonyl (C=O) groups is 2. The van der Waals surface area contributed by atoms with Gasteiger partial charge in [0.15, 0.2) is 5.82 Å². The number of methoxy groups -OCH3 is 1. The van der Waals surface area contributed by atoms with E-state index in [4.69, 9.17) is 14.2 Å². The van der Waals surface area contributed by atoms with Crippen LogP contribution in [0.25, 0.3) is 5.82 Å². The van der Waals surface area contributed by atoms with E-state index < -0.39 is 18.0 Å². The molecule has 0 unspecified atom stereocenters. The number of carboxylic acid groups (broad SMARTS) is 1. The first kappa shape index (κ1) is 25.4. The Morgan fingerprint density at radius 1 is 1.26 bits per heavy atom. The molecule has 1 N–H and O–H groups in total. The minimum absolute atomic E-state index is 0.00388. The molecule has 2 aromatic rings. The van der Waals surface area contributed by atoms with Gasteiger partial charge >= 0.3 is 12.1 Å². The van der Waals surface area contributed by atoms with Crippen molar-refractivity contribution >= 4 is 12.1 Å². The van der Waals surface area contributed by atoms with Crippen LogP contribution in [-0.4, -0.2) is 68.9 Å². The Balaban J connectivity index is 1.78. The molecule has 186 valence electrons. The Labute approximate surface area is 199 Å². The van der Waals surface area contributed by atoms with Crippen LogP contribution >= 0.6 is 0 Å². The van der Waals surface area contributed by atoms with Gasteiger partial charge < -0.3 is 24.2 Å². The van der Waals surface area contributed by atoms with Gasteiger partial charge in [-0.2, -0.15) is 4.68 Å². The van der Waals surface area contributed by atoms with Gasteiger partial charge in [-0.05, 0) is 51.2 Å². The molecule has 34 heavy (non-hydrogen) atoms. The van der Waals surface area contributed by atoms with Crippen molar-refractivity contribution in [2.45, 2.75) is 65.3 Å². The number of hydrogen-bond acceptors (Lipinski definition) is 8. The van der Waals surface area contributed by atoms with E-state index in [9.17, 15) is 14.7 Å². The zero-order valence-electron chi connectivity index (χ0n) is 20.2. The number of amides is 1. The van der Waals surface area contributed by atoms with Gasteiger partial charge in [0.2, 0.25) is 0 Å². The summed E-state index contributed by atoms with van der Waals surface area (Å²) < 4.78 is 18.4. The summed E-state index contributed by atoms with van der Waals surface area (Å²) in [5.41, 5.74) is 1.80. The zero-order chi connectivity index (χ0) is 24.7. The molecule has 0 saturated heterocycles. The molecule has 2 aromatic heterocycles. The maximum Gasteiger partial charge on any atom is 0.409 e. The predicted molar refractivity (Wildman–Crippen MR) is 122 cm³/mol. The highest BCUT2D eigenvalue weighted by molar-refractivity contribution is 5.70. The maximum absolute atomic E-state index is 12.2. The number of hydrogen-bond donors (Lipinski definition) is 1. The third kappa shape index (κ3) is 6.22. The molecule has 0 bridgehead atoms. The molecule has 1 aliphatic rings. The van der Waals surface area contributed by atoms with E-state index in [1.807, 2.05) is 6.92 Å². The number of carboxylic acids is 1. The molecule has 1 saturated carbocycles. The lowest BCUT2D eigenvalue weighted by atomic mass is 9.87. The normalized spacial score (nSPS) is 17.9. The number of aryl methyl sites for hydroxylation is 1. The second kappa shape index (κ2) is 11.8. The topological polar surface area (TPSA) is 129 Å². The van der Waals surface area contributed by atoms with Crippen LogP contribution in [0.3, 0.4) is 0 Å². The van der Waals surface area contributed by atoms with Crippen LogP contribution in [-0.2, 0) is 27.5 Å². The molecule has 1 aliphatic carbocycles. The summed E-state index contributed by atoms with van der Waals surface area (Å²) in [7, 11) is 3.26. The quantitative estimate of drug-likeness (QED) is 0.551. The summed E-state index contributed by atoms with van der Waals surface area (Å²) in [5, 5.41) is 17.6. The van der Waals surface area contributed by atoms with Crippen molar-refractivity contribution in [2.75, 3.05) is 20.7 Å². The summed E-state index contributed by atoms with van der Waals surface area (Å²) >= 11 is 0. The molecule has 2 atom stereocenters. The van der Waals surface area contributed by atoms with Crippen molar-refractivity contribution in [2.24, 2.45) is 5.92 Å². The van der Waals surface area contributed by atoms with E-state index >= 15 is 0 Å². The van der Waals surface area contributed by atoms with E-state index in [0.717, 1.165) is 19.3 Å². The van der Waals surface area contributed by atoms with Crippen molar-refractivity contribution in [1.82, 2.24) is 24.9 Å². The Hall–Kier alpha value is -3.21. The Morgan fingerprint density at radius 3 is 2.76 bits per heavy atom. The Kier molecular flexibility index (Phi) is 8.80. The van der Waals surface area contributed by atoms with E-state index in [-0.39, 0.29) is 19.3 Å². The summed E-state index contributed by atoms with van der Waals surface area (Å²) in [6, 6.07) is 3.53. The predicted octanol–water partition coefficient (Wildman–Crippen LogP) is 3.12. The standard InChI is InChI=1S/C23H33N5O6/c1-5-11-27(3)23(31)33-14-19-15(2)25-26-28(19)21-10-9-20(18(24-21)13-32-4)34-17-8-6-7-16(12-17)22(29)30/h9-10,16-17H,5-8,11-14H2,1-4H3,(H,29,30)/t16-,17-/m0/s1. The monoisotopic (exact) mass is 475 g/mol. The molecule has 2 heterocycles. The van der Waals surface area contributed by atoms with Gasteiger partial charge in [0.1, 0.15) is 23.7 Å². The first-order valence-electron chi connectivity index (χ1n) is 11.5. The summed E-state index contributed by atoms with van der Waals surface area (Å²) in [5.74, 6) is -0.140. The average molecular weight is 476 g/mol. The molecular formula is C23H33N5O6. The highest BCUT2D eigenvalue weighted by Gasteiger charge is 2.29. The van der Waals surface area contributed by atoms with E-state index in [1.165, 1.54) is 9.58 Å². The third-order valence-corrected chi connectivity index (χ3v) is 5.85. The molecule has 0 spiro atoms. The number of nitrogens with zero attached hydrogens (tertiary/aromatic N) is 5. The van der Waals surface area contributed by atoms with Crippen LogP contribution in [0.15, 0.2) is 12.1 Å². The Morgan fingerprint density at radius 2 is 2.06 bits per heavy atom. The number of rotatable bonds is 10. The Bertz CT molecular complexity index is 994. The van der Waals surface area contributed by atoms with E-state index in [2.05, 4.69) is 15.3 Å². The fourth-order valence-corrected chi connectivity index (χ4v) is 3.99. The van der Waals surface area contributed by atoms with Gasteiger partial charge in [-0.25, -0.2) is 9.78 Å². The second-order valence-corrected chi connectivity index (χ2v) is 8.50. The van der Waals surface area contributed by atoms with Crippen LogP contribution in [0, 0.1) is 12.8 Å². The third-order valence-electron chi connectivity index (χ3n) is 5.85. The molecule has 11 nitrogen and oxygen atoms in total. The molecule has 1 fully saturated rings. The number of pyridine rings is 1. The smallest absolute Gasteiger partial charge is 0.409 e. The van der Waals surface area contributed by atoms with E-state index in [0.29, 0.717) is 48.0 Å². The molecule has 0 aromatic carbocycles. The minimum atomic E-state index is -0.783. The highest BCUT2D eigenvalue weighted by Crippen LogP contribution is 2.30. The molecule has 3 rings (SSSR count). The number of aromatic nitrogens is 4. The summed E-state index contributed by atoms with van der Waals surface area (Å²) in [4.78, 5) is 29.8. The molecule has 0 radical (unpaired) electrons. The lowest BCUT2D eigenvalue weighted by molar-refractivity contribution is -0.143. The molecule has 1 amide bonds. The van der Waals surface area contributed by atoms with Crippen LogP contribution in [0.1, 0.15) is 56.1 Å². The van der Waals surface area contributed by atoms with Crippen LogP contribution < -0.4 is 4.74 Å². The van der Waals surface area contributed by atoms with Gasteiger partial charge in [0.25, 0.3) is 0 Å². The summed E-state index contributed by atoms with van der Waals surface area (Å²) in [6.07, 6.45) is 2.96. The van der Waals surface area contributed by atoms with Gasteiger partial charge in [-0.15, -0.1) is 5.10 Å². The van der Waals surface area contributed by atoms with Crippen LogP contribution in [0.5, 0.6) is 5.75 Å². The molecule has 0 aliphatic heterocycles. The van der Waals surface area contributed by atoms with Gasteiger partial charge in [-0.3, -0.25) is 4.79 Å². The lowest BCUT2D eigenvalue weighted by Crippen LogP contribution is -2.30. The highest BCUT2D eigenvalue weighted by atomic mass is 16.6.